The summed E-state index contributed by atoms with van der Waals surface area (Å²) in [4.78, 5) is 13.1. The molecule has 1 atom stereocenters. The Labute approximate surface area is 82.3 Å². The Bertz CT molecular complexity index is 376. The van der Waals surface area contributed by atoms with Crippen molar-refractivity contribution < 1.29 is 4.79 Å². The largest absolute Gasteiger partial charge is 0.325 e. The van der Waals surface area contributed by atoms with Crippen molar-refractivity contribution in [2.75, 3.05) is 7.05 Å². The van der Waals surface area contributed by atoms with E-state index in [1.165, 1.54) is 4.90 Å². The van der Waals surface area contributed by atoms with Crippen molar-refractivity contribution in [1.29, 1.82) is 5.26 Å². The van der Waals surface area contributed by atoms with Gasteiger partial charge in [0.05, 0.1) is 12.3 Å². The van der Waals surface area contributed by atoms with Crippen LogP contribution in [0.15, 0.2) is 6.20 Å². The minimum Gasteiger partial charge on any atom is -0.325 e. The highest BCUT2D eigenvalue weighted by Gasteiger charge is 2.19. The van der Waals surface area contributed by atoms with Crippen molar-refractivity contribution in [3.63, 3.8) is 0 Å². The van der Waals surface area contributed by atoms with Crippen LogP contribution in [0.1, 0.15) is 23.0 Å². The van der Waals surface area contributed by atoms with Gasteiger partial charge < -0.3 is 4.90 Å². The first kappa shape index (κ1) is 10.3. The SMILES string of the molecule is Cc1cn[nH]c1C(=O)N(C)C(C)C#N. The quantitative estimate of drug-likeness (QED) is 0.749. The lowest BCUT2D eigenvalue weighted by Crippen LogP contribution is -2.34. The van der Waals surface area contributed by atoms with E-state index in [2.05, 4.69) is 10.2 Å². The zero-order valence-electron chi connectivity index (χ0n) is 8.40. The summed E-state index contributed by atoms with van der Waals surface area (Å²) in [6, 6.07) is 1.56. The summed E-state index contributed by atoms with van der Waals surface area (Å²) < 4.78 is 0. The van der Waals surface area contributed by atoms with Gasteiger partial charge in [-0.25, -0.2) is 0 Å². The van der Waals surface area contributed by atoms with E-state index in [9.17, 15) is 4.79 Å². The number of aryl methyl sites for hydroxylation is 1. The highest BCUT2D eigenvalue weighted by Crippen LogP contribution is 2.07. The second-order valence-corrected chi connectivity index (χ2v) is 3.15. The molecule has 1 aromatic rings. The van der Waals surface area contributed by atoms with Gasteiger partial charge in [-0.1, -0.05) is 0 Å². The summed E-state index contributed by atoms with van der Waals surface area (Å²) in [6.07, 6.45) is 1.58. The minimum absolute atomic E-state index is 0.214. The summed E-state index contributed by atoms with van der Waals surface area (Å²) in [5.41, 5.74) is 1.22. The molecule has 1 unspecified atom stereocenters. The number of H-pyrrole nitrogens is 1. The maximum atomic E-state index is 11.7. The lowest BCUT2D eigenvalue weighted by Gasteiger charge is -2.18. The third kappa shape index (κ3) is 1.74. The lowest BCUT2D eigenvalue weighted by molar-refractivity contribution is 0.0766. The molecule has 0 bridgehead atoms. The van der Waals surface area contributed by atoms with Gasteiger partial charge in [-0.3, -0.25) is 9.89 Å². The topological polar surface area (TPSA) is 72.8 Å². The van der Waals surface area contributed by atoms with Crippen molar-refractivity contribution in [2.45, 2.75) is 19.9 Å². The van der Waals surface area contributed by atoms with E-state index in [0.29, 0.717) is 5.69 Å². The van der Waals surface area contributed by atoms with E-state index >= 15 is 0 Å². The standard InChI is InChI=1S/C9H12N4O/c1-6-5-11-12-8(6)9(14)13(3)7(2)4-10/h5,7H,1-3H3,(H,11,12). The van der Waals surface area contributed by atoms with Crippen LogP contribution in [0.4, 0.5) is 0 Å². The van der Waals surface area contributed by atoms with Crippen LogP contribution in [-0.4, -0.2) is 34.1 Å². The molecule has 14 heavy (non-hydrogen) atoms. The van der Waals surface area contributed by atoms with E-state index in [4.69, 9.17) is 5.26 Å². The molecule has 1 N–H and O–H groups in total. The highest BCUT2D eigenvalue weighted by molar-refractivity contribution is 5.93. The number of nitriles is 1. The molecule has 0 aliphatic heterocycles. The summed E-state index contributed by atoms with van der Waals surface area (Å²) in [5, 5.41) is 15.0. The van der Waals surface area contributed by atoms with Crippen molar-refractivity contribution >= 4 is 5.91 Å². The molecule has 74 valence electrons. The molecular formula is C9H12N4O. The average molecular weight is 192 g/mol. The van der Waals surface area contributed by atoms with Gasteiger partial charge in [-0.05, 0) is 19.4 Å². The predicted molar refractivity (Wildman–Crippen MR) is 50.5 cm³/mol. The number of amides is 1. The second-order valence-electron chi connectivity index (χ2n) is 3.15. The molecule has 0 aliphatic rings. The normalized spacial score (nSPS) is 11.9. The molecule has 0 fully saturated rings. The molecule has 1 amide bonds. The van der Waals surface area contributed by atoms with Crippen LogP contribution in [0.5, 0.6) is 0 Å². The molecule has 1 aromatic heterocycles. The van der Waals surface area contributed by atoms with Crippen LogP contribution < -0.4 is 0 Å². The molecule has 5 nitrogen and oxygen atoms in total. The van der Waals surface area contributed by atoms with Gasteiger partial charge in [-0.15, -0.1) is 0 Å². The van der Waals surface area contributed by atoms with Gasteiger partial charge in [0.15, 0.2) is 0 Å². The highest BCUT2D eigenvalue weighted by atomic mass is 16.2. The summed E-state index contributed by atoms with van der Waals surface area (Å²) >= 11 is 0. The first-order valence-corrected chi connectivity index (χ1v) is 4.24. The number of nitrogens with zero attached hydrogens (tertiary/aromatic N) is 3. The number of carbonyl (C=O) groups is 1. The minimum atomic E-state index is -0.440. The number of nitrogens with one attached hydrogen (secondary N) is 1. The van der Waals surface area contributed by atoms with Crippen LogP contribution in [0.3, 0.4) is 0 Å². The number of rotatable bonds is 2. The van der Waals surface area contributed by atoms with Gasteiger partial charge in [-0.2, -0.15) is 10.4 Å². The van der Waals surface area contributed by atoms with Gasteiger partial charge in [0, 0.05) is 7.05 Å². The molecule has 0 aromatic carbocycles. The Hall–Kier alpha value is -1.83. The van der Waals surface area contributed by atoms with Crippen LogP contribution in [-0.2, 0) is 0 Å². The van der Waals surface area contributed by atoms with Crippen LogP contribution in [0.2, 0.25) is 0 Å². The Morgan fingerprint density at radius 2 is 2.43 bits per heavy atom. The number of aromatic nitrogens is 2. The van der Waals surface area contributed by atoms with Gasteiger partial charge in [0.1, 0.15) is 11.7 Å². The molecular weight excluding hydrogens is 180 g/mol. The fourth-order valence-electron chi connectivity index (χ4n) is 1.00. The van der Waals surface area contributed by atoms with Crippen molar-refractivity contribution in [3.05, 3.63) is 17.5 Å². The van der Waals surface area contributed by atoms with E-state index in [0.717, 1.165) is 5.56 Å². The first-order chi connectivity index (χ1) is 6.57. The monoisotopic (exact) mass is 192 g/mol. The van der Waals surface area contributed by atoms with E-state index in [1.54, 1.807) is 27.1 Å². The van der Waals surface area contributed by atoms with Gasteiger partial charge >= 0.3 is 0 Å². The first-order valence-electron chi connectivity index (χ1n) is 4.24. The zero-order valence-corrected chi connectivity index (χ0v) is 8.40. The zero-order chi connectivity index (χ0) is 10.7. The lowest BCUT2D eigenvalue weighted by atomic mass is 10.2. The molecule has 5 heteroatoms. The van der Waals surface area contributed by atoms with Crippen LogP contribution >= 0.6 is 0 Å². The number of carbonyl (C=O) groups excluding carboxylic acids is 1. The van der Waals surface area contributed by atoms with Gasteiger partial charge in [0.2, 0.25) is 0 Å². The van der Waals surface area contributed by atoms with E-state index < -0.39 is 6.04 Å². The molecule has 0 saturated heterocycles. The van der Waals surface area contributed by atoms with Gasteiger partial charge in [0.25, 0.3) is 5.91 Å². The van der Waals surface area contributed by atoms with Crippen molar-refractivity contribution in [2.24, 2.45) is 0 Å². The Balaban J connectivity index is 2.87. The smallest absolute Gasteiger partial charge is 0.272 e. The van der Waals surface area contributed by atoms with Crippen LogP contribution in [0.25, 0.3) is 0 Å². The third-order valence-electron chi connectivity index (χ3n) is 2.13. The predicted octanol–water partition coefficient (Wildman–Crippen LogP) is 0.702. The fourth-order valence-corrected chi connectivity index (χ4v) is 1.00. The third-order valence-corrected chi connectivity index (χ3v) is 2.13. The average Bonchev–Trinajstić information content (AvgIpc) is 2.61. The number of aromatic amines is 1. The second kappa shape index (κ2) is 3.92. The fraction of sp³-hybridized carbons (Fsp3) is 0.444. The molecule has 0 radical (unpaired) electrons. The summed E-state index contributed by atoms with van der Waals surface area (Å²) in [5.74, 6) is -0.214. The van der Waals surface area contributed by atoms with E-state index in [-0.39, 0.29) is 5.91 Å². The van der Waals surface area contributed by atoms with Crippen LogP contribution in [0, 0.1) is 18.3 Å². The molecule has 0 saturated carbocycles. The Morgan fingerprint density at radius 1 is 1.79 bits per heavy atom. The molecule has 1 heterocycles. The summed E-state index contributed by atoms with van der Waals surface area (Å²) in [6.45, 7) is 3.46. The van der Waals surface area contributed by atoms with Crippen molar-refractivity contribution in [3.8, 4) is 6.07 Å². The van der Waals surface area contributed by atoms with E-state index in [1.807, 2.05) is 6.07 Å². The number of hydrogen-bond acceptors (Lipinski definition) is 3. The molecule has 1 rings (SSSR count). The summed E-state index contributed by atoms with van der Waals surface area (Å²) in [7, 11) is 1.59. The molecule has 0 aliphatic carbocycles. The maximum Gasteiger partial charge on any atom is 0.272 e. The molecule has 0 spiro atoms. The van der Waals surface area contributed by atoms with Crippen molar-refractivity contribution in [1.82, 2.24) is 15.1 Å². The number of hydrogen-bond donors (Lipinski definition) is 1. The Kier molecular flexibility index (Phi) is 2.87. The maximum absolute atomic E-state index is 11.7. The Morgan fingerprint density at radius 3 is 2.86 bits per heavy atom.